The number of rotatable bonds is 7. The summed E-state index contributed by atoms with van der Waals surface area (Å²) in [5.41, 5.74) is 3.30. The van der Waals surface area contributed by atoms with Crippen molar-refractivity contribution in [2.45, 2.75) is 26.6 Å². The van der Waals surface area contributed by atoms with Crippen molar-refractivity contribution in [2.24, 2.45) is 0 Å². The highest BCUT2D eigenvalue weighted by Crippen LogP contribution is 2.29. The number of hydrogen-bond acceptors (Lipinski definition) is 6. The van der Waals surface area contributed by atoms with Gasteiger partial charge in [0.25, 0.3) is 0 Å². The average molecular weight is 470 g/mol. The van der Waals surface area contributed by atoms with Crippen molar-refractivity contribution in [1.29, 1.82) is 0 Å². The Hall–Kier alpha value is -4.08. The quantitative estimate of drug-likeness (QED) is 0.352. The van der Waals surface area contributed by atoms with Gasteiger partial charge in [0.15, 0.2) is 0 Å². The number of nitrogens with zero attached hydrogens (tertiary/aromatic N) is 4. The molecule has 10 heteroatoms. The van der Waals surface area contributed by atoms with Crippen LogP contribution in [-0.2, 0) is 6.42 Å². The van der Waals surface area contributed by atoms with Gasteiger partial charge in [-0.25, -0.2) is 9.97 Å². The number of hydrogen-bond donors (Lipinski definition) is 0. The third-order valence-electron chi connectivity index (χ3n) is 4.73. The van der Waals surface area contributed by atoms with E-state index in [1.807, 2.05) is 35.9 Å². The predicted molar refractivity (Wildman–Crippen MR) is 118 cm³/mol. The Morgan fingerprint density at radius 2 is 1.74 bits per heavy atom. The zero-order valence-corrected chi connectivity index (χ0v) is 18.6. The smallest absolute Gasteiger partial charge is 0.495 e. The van der Waals surface area contributed by atoms with E-state index in [0.717, 1.165) is 23.0 Å². The van der Waals surface area contributed by atoms with Gasteiger partial charge in [-0.3, -0.25) is 0 Å². The van der Waals surface area contributed by atoms with Gasteiger partial charge < -0.3 is 18.8 Å². The topological polar surface area (TPSA) is 71.3 Å². The van der Waals surface area contributed by atoms with Crippen LogP contribution in [0.1, 0.15) is 22.8 Å². The van der Waals surface area contributed by atoms with Gasteiger partial charge in [-0.05, 0) is 43.7 Å². The monoisotopic (exact) mass is 470 g/mol. The molecule has 0 N–H and O–H groups in total. The fraction of sp³-hybridized carbons (Fsp3) is 0.208. The van der Waals surface area contributed by atoms with E-state index >= 15 is 0 Å². The first-order chi connectivity index (χ1) is 16.2. The summed E-state index contributed by atoms with van der Waals surface area (Å²) in [6.07, 6.45) is -0.770. The maximum atomic E-state index is 12.5. The minimum atomic E-state index is -4.79. The lowest BCUT2D eigenvalue weighted by Crippen LogP contribution is -2.17. The lowest BCUT2D eigenvalue weighted by atomic mass is 10.1. The van der Waals surface area contributed by atoms with Crippen molar-refractivity contribution >= 4 is 0 Å². The fourth-order valence-electron chi connectivity index (χ4n) is 3.37. The summed E-state index contributed by atoms with van der Waals surface area (Å²) in [5, 5.41) is 0. The molecule has 34 heavy (non-hydrogen) atoms. The molecule has 4 rings (SSSR count). The van der Waals surface area contributed by atoms with Crippen LogP contribution in [0.4, 0.5) is 13.2 Å². The van der Waals surface area contributed by atoms with Crippen molar-refractivity contribution < 1.29 is 27.4 Å². The highest BCUT2D eigenvalue weighted by atomic mass is 19.4. The van der Waals surface area contributed by atoms with Crippen LogP contribution in [0.2, 0.25) is 0 Å². The molecule has 0 saturated heterocycles. The van der Waals surface area contributed by atoms with E-state index in [9.17, 15) is 13.2 Å². The maximum Gasteiger partial charge on any atom is 0.573 e. The van der Waals surface area contributed by atoms with E-state index in [1.54, 1.807) is 26.4 Å². The Morgan fingerprint density at radius 1 is 0.941 bits per heavy atom. The molecule has 0 radical (unpaired) electrons. The molecule has 0 fully saturated rings. The summed E-state index contributed by atoms with van der Waals surface area (Å²) < 4.78 is 54.5. The lowest BCUT2D eigenvalue weighted by molar-refractivity contribution is -0.274. The van der Waals surface area contributed by atoms with E-state index in [4.69, 9.17) is 9.47 Å². The molecule has 7 nitrogen and oxygen atoms in total. The van der Waals surface area contributed by atoms with Crippen LogP contribution in [0.15, 0.2) is 61.1 Å². The molecule has 0 saturated carbocycles. The molecular weight excluding hydrogens is 449 g/mol. The summed E-state index contributed by atoms with van der Waals surface area (Å²) >= 11 is 0. The van der Waals surface area contributed by atoms with Crippen molar-refractivity contribution in [3.8, 4) is 28.8 Å². The van der Waals surface area contributed by atoms with Gasteiger partial charge in [-0.1, -0.05) is 12.1 Å². The molecule has 0 aliphatic rings. The van der Waals surface area contributed by atoms with Crippen LogP contribution in [0, 0.1) is 13.8 Å². The van der Waals surface area contributed by atoms with E-state index in [1.165, 1.54) is 18.2 Å². The summed E-state index contributed by atoms with van der Waals surface area (Å²) in [7, 11) is 1.60. The number of aromatic nitrogens is 4. The van der Waals surface area contributed by atoms with E-state index in [-0.39, 0.29) is 17.4 Å². The van der Waals surface area contributed by atoms with E-state index in [0.29, 0.717) is 23.7 Å². The van der Waals surface area contributed by atoms with Crippen molar-refractivity contribution in [1.82, 2.24) is 19.5 Å². The number of benzene rings is 2. The van der Waals surface area contributed by atoms with Gasteiger partial charge in [0.05, 0.1) is 24.8 Å². The molecule has 0 bridgehead atoms. The number of halogens is 3. The first-order valence-electron chi connectivity index (χ1n) is 10.2. The summed E-state index contributed by atoms with van der Waals surface area (Å²) in [6.45, 7) is 3.69. The molecule has 0 spiro atoms. The molecule has 2 aromatic carbocycles. The van der Waals surface area contributed by atoms with Crippen LogP contribution >= 0.6 is 0 Å². The molecular formula is C24H21F3N4O3. The van der Waals surface area contributed by atoms with Crippen LogP contribution in [0.5, 0.6) is 23.1 Å². The van der Waals surface area contributed by atoms with Crippen LogP contribution in [0.3, 0.4) is 0 Å². The number of imidazole rings is 1. The Labute approximate surface area is 193 Å². The lowest BCUT2D eigenvalue weighted by Gasteiger charge is -2.12. The molecule has 0 amide bonds. The van der Waals surface area contributed by atoms with Crippen LogP contribution < -0.4 is 14.2 Å². The maximum absolute atomic E-state index is 12.5. The Bertz CT molecular complexity index is 1300. The summed E-state index contributed by atoms with van der Waals surface area (Å²) in [4.78, 5) is 13.1. The van der Waals surface area contributed by atoms with Gasteiger partial charge >= 0.3 is 6.36 Å². The van der Waals surface area contributed by atoms with E-state index in [2.05, 4.69) is 19.7 Å². The largest absolute Gasteiger partial charge is 0.573 e. The first-order valence-corrected chi connectivity index (χ1v) is 10.2. The molecule has 0 aliphatic heterocycles. The highest BCUT2D eigenvalue weighted by Gasteiger charge is 2.31. The number of methoxy groups -OCH3 is 1. The van der Waals surface area contributed by atoms with Gasteiger partial charge in [0.1, 0.15) is 23.1 Å². The fourth-order valence-corrected chi connectivity index (χ4v) is 3.37. The number of ether oxygens (including phenoxy) is 3. The van der Waals surface area contributed by atoms with E-state index < -0.39 is 6.36 Å². The van der Waals surface area contributed by atoms with Crippen LogP contribution in [-0.4, -0.2) is 33.0 Å². The molecule has 2 heterocycles. The molecule has 0 aliphatic carbocycles. The molecule has 0 unspecified atom stereocenters. The van der Waals surface area contributed by atoms with Gasteiger partial charge in [-0.15, -0.1) is 13.2 Å². The molecule has 2 aromatic heterocycles. The second-order valence-corrected chi connectivity index (χ2v) is 7.49. The standard InChI is InChI=1S/C24H21F3N4O3/c1-15-9-23(33-18-5-4-6-19(12-18)34-24(25,26)27)30-22(29-15)11-17-7-8-20(21(10-17)32-3)31-13-16(2)28-14-31/h4-10,12-14H,11H2,1-3H3. The number of alkyl halides is 3. The zero-order chi connectivity index (χ0) is 24.3. The Kier molecular flexibility index (Phi) is 6.40. The average Bonchev–Trinajstić information content (AvgIpc) is 3.18. The predicted octanol–water partition coefficient (Wildman–Crippen LogP) is 5.57. The number of aryl methyl sites for hydroxylation is 2. The highest BCUT2D eigenvalue weighted by molar-refractivity contribution is 5.49. The molecule has 4 aromatic rings. The van der Waals surface area contributed by atoms with Crippen molar-refractivity contribution in [3.63, 3.8) is 0 Å². The molecule has 176 valence electrons. The van der Waals surface area contributed by atoms with Crippen LogP contribution in [0.25, 0.3) is 5.69 Å². The van der Waals surface area contributed by atoms with Gasteiger partial charge in [0.2, 0.25) is 5.88 Å². The molecule has 0 atom stereocenters. The normalized spacial score (nSPS) is 11.4. The second-order valence-electron chi connectivity index (χ2n) is 7.49. The Balaban J connectivity index is 1.54. The van der Waals surface area contributed by atoms with Crippen molar-refractivity contribution in [3.05, 3.63) is 83.8 Å². The Morgan fingerprint density at radius 3 is 2.44 bits per heavy atom. The first kappa shape index (κ1) is 23.1. The second kappa shape index (κ2) is 9.42. The minimum absolute atomic E-state index is 0.160. The zero-order valence-electron chi connectivity index (χ0n) is 18.6. The summed E-state index contributed by atoms with van der Waals surface area (Å²) in [6, 6.07) is 12.6. The third kappa shape index (κ3) is 5.83. The summed E-state index contributed by atoms with van der Waals surface area (Å²) in [5.74, 6) is 1.15. The minimum Gasteiger partial charge on any atom is -0.495 e. The van der Waals surface area contributed by atoms with Gasteiger partial charge in [-0.2, -0.15) is 4.98 Å². The SMILES string of the molecule is COc1cc(Cc2nc(C)cc(Oc3cccc(OC(F)(F)F)c3)n2)ccc1-n1cnc(C)c1. The van der Waals surface area contributed by atoms with Gasteiger partial charge in [0, 0.05) is 30.4 Å². The van der Waals surface area contributed by atoms with Crippen molar-refractivity contribution in [2.75, 3.05) is 7.11 Å². The third-order valence-corrected chi connectivity index (χ3v) is 4.73.